The van der Waals surface area contributed by atoms with Crippen LogP contribution in [-0.4, -0.2) is 59.7 Å². The van der Waals surface area contributed by atoms with E-state index in [1.54, 1.807) is 6.26 Å². The van der Waals surface area contributed by atoms with Crippen molar-refractivity contribution in [1.82, 2.24) is 14.8 Å². The van der Waals surface area contributed by atoms with Gasteiger partial charge in [-0.15, -0.1) is 0 Å². The molecule has 5 rings (SSSR count). The Balaban J connectivity index is 1.23. The first kappa shape index (κ1) is 15.6. The summed E-state index contributed by atoms with van der Waals surface area (Å²) in [6.07, 6.45) is 4.59. The Labute approximate surface area is 148 Å². The molecular formula is C20H25N3O2. The Bertz CT molecular complexity index is 713. The molecule has 2 atom stereocenters. The van der Waals surface area contributed by atoms with E-state index in [0.717, 1.165) is 56.6 Å². The Morgan fingerprint density at radius 3 is 2.80 bits per heavy atom. The van der Waals surface area contributed by atoms with E-state index >= 15 is 0 Å². The van der Waals surface area contributed by atoms with Gasteiger partial charge in [-0.1, -0.05) is 18.2 Å². The van der Waals surface area contributed by atoms with Gasteiger partial charge in [0.1, 0.15) is 6.26 Å². The lowest BCUT2D eigenvalue weighted by Crippen LogP contribution is -2.62. The number of nitrogens with zero attached hydrogens (tertiary/aromatic N) is 3. The van der Waals surface area contributed by atoms with Crippen LogP contribution in [0.3, 0.4) is 0 Å². The predicted molar refractivity (Wildman–Crippen MR) is 95.0 cm³/mol. The molecule has 2 aromatic rings. The molecule has 0 bridgehead atoms. The highest BCUT2D eigenvalue weighted by molar-refractivity contribution is 5.52. The number of oxazole rings is 1. The van der Waals surface area contributed by atoms with Gasteiger partial charge in [0, 0.05) is 43.8 Å². The van der Waals surface area contributed by atoms with E-state index in [1.807, 2.05) is 30.3 Å². The zero-order chi connectivity index (χ0) is 16.6. The van der Waals surface area contributed by atoms with Gasteiger partial charge >= 0.3 is 0 Å². The minimum Gasteiger partial charge on any atom is -0.444 e. The van der Waals surface area contributed by atoms with Crippen molar-refractivity contribution in [2.75, 3.05) is 32.8 Å². The monoisotopic (exact) mass is 339 g/mol. The van der Waals surface area contributed by atoms with Crippen molar-refractivity contribution in [3.05, 3.63) is 42.3 Å². The lowest BCUT2D eigenvalue weighted by atomic mass is 10.0. The number of fused-ring (bicyclic) bond motifs is 1. The fourth-order valence-electron chi connectivity index (χ4n) is 4.29. The number of hydrogen-bond acceptors (Lipinski definition) is 5. The van der Waals surface area contributed by atoms with Gasteiger partial charge in [-0.25, -0.2) is 4.98 Å². The van der Waals surface area contributed by atoms with Crippen LogP contribution in [0.25, 0.3) is 11.5 Å². The minimum absolute atomic E-state index is 0.536. The Morgan fingerprint density at radius 1 is 1.08 bits per heavy atom. The van der Waals surface area contributed by atoms with Crippen molar-refractivity contribution in [1.29, 1.82) is 0 Å². The summed E-state index contributed by atoms with van der Waals surface area (Å²) in [7, 11) is 0. The second kappa shape index (κ2) is 6.56. The maximum atomic E-state index is 5.91. The molecule has 5 heteroatoms. The van der Waals surface area contributed by atoms with Crippen molar-refractivity contribution >= 4 is 0 Å². The van der Waals surface area contributed by atoms with Gasteiger partial charge in [0.15, 0.2) is 0 Å². The quantitative estimate of drug-likeness (QED) is 0.857. The van der Waals surface area contributed by atoms with Crippen molar-refractivity contribution < 1.29 is 9.15 Å². The Hall–Kier alpha value is -1.69. The van der Waals surface area contributed by atoms with E-state index < -0.39 is 0 Å². The van der Waals surface area contributed by atoms with Crippen LogP contribution >= 0.6 is 0 Å². The Kier molecular flexibility index (Phi) is 4.08. The summed E-state index contributed by atoms with van der Waals surface area (Å²) in [5.41, 5.74) is 2.05. The number of rotatable bonds is 4. The molecule has 3 aliphatic rings. The van der Waals surface area contributed by atoms with E-state index in [9.17, 15) is 0 Å². The van der Waals surface area contributed by atoms with E-state index in [-0.39, 0.29) is 0 Å². The van der Waals surface area contributed by atoms with Crippen LogP contribution in [0.5, 0.6) is 0 Å². The SMILES string of the molecule is c1ccc(-c2nc(CN3CCN4[C@@H](COC[C@@H]4C4CC4)C3)co2)cc1. The molecular weight excluding hydrogens is 314 g/mol. The standard InChI is InChI=1S/C20H25N3O2/c1-2-4-16(5-3-1)20-21-17(12-25-20)10-22-8-9-23-18(11-22)13-24-14-19(23)15-6-7-15/h1-5,12,15,18-19H,6-11,13-14H2/t18-,19-/m1/s1. The summed E-state index contributed by atoms with van der Waals surface area (Å²) in [6, 6.07) is 11.3. The highest BCUT2D eigenvalue weighted by Gasteiger charge is 2.42. The number of benzene rings is 1. The molecule has 0 unspecified atom stereocenters. The summed E-state index contributed by atoms with van der Waals surface area (Å²) >= 11 is 0. The fraction of sp³-hybridized carbons (Fsp3) is 0.550. The van der Waals surface area contributed by atoms with E-state index in [4.69, 9.17) is 9.15 Å². The number of piperazine rings is 1. The fourth-order valence-corrected chi connectivity index (χ4v) is 4.29. The molecule has 1 aromatic heterocycles. The van der Waals surface area contributed by atoms with Crippen LogP contribution in [0.4, 0.5) is 0 Å². The maximum Gasteiger partial charge on any atom is 0.226 e. The van der Waals surface area contributed by atoms with Crippen molar-refractivity contribution in [3.63, 3.8) is 0 Å². The van der Waals surface area contributed by atoms with Gasteiger partial charge < -0.3 is 9.15 Å². The molecule has 5 nitrogen and oxygen atoms in total. The molecule has 0 N–H and O–H groups in total. The molecule has 25 heavy (non-hydrogen) atoms. The van der Waals surface area contributed by atoms with Gasteiger partial charge in [-0.3, -0.25) is 9.80 Å². The topological polar surface area (TPSA) is 41.7 Å². The number of morpholine rings is 1. The average Bonchev–Trinajstić information content (AvgIpc) is 3.41. The zero-order valence-electron chi connectivity index (χ0n) is 14.5. The van der Waals surface area contributed by atoms with Crippen molar-refractivity contribution in [3.8, 4) is 11.5 Å². The van der Waals surface area contributed by atoms with Gasteiger partial charge in [0.05, 0.1) is 18.9 Å². The van der Waals surface area contributed by atoms with E-state index in [2.05, 4.69) is 14.8 Å². The van der Waals surface area contributed by atoms with Crippen LogP contribution in [0.1, 0.15) is 18.5 Å². The minimum atomic E-state index is 0.536. The molecule has 2 saturated heterocycles. The molecule has 0 radical (unpaired) electrons. The second-order valence-corrected chi connectivity index (χ2v) is 7.58. The molecule has 3 heterocycles. The molecule has 1 aromatic carbocycles. The molecule has 1 aliphatic carbocycles. The average molecular weight is 339 g/mol. The molecule has 0 amide bonds. The molecule has 3 fully saturated rings. The largest absolute Gasteiger partial charge is 0.444 e. The molecule has 1 saturated carbocycles. The van der Waals surface area contributed by atoms with E-state index in [0.29, 0.717) is 18.0 Å². The zero-order valence-corrected chi connectivity index (χ0v) is 14.5. The number of hydrogen-bond donors (Lipinski definition) is 0. The summed E-state index contributed by atoms with van der Waals surface area (Å²) in [6.45, 7) is 5.98. The van der Waals surface area contributed by atoms with Crippen LogP contribution < -0.4 is 0 Å². The molecule has 2 aliphatic heterocycles. The van der Waals surface area contributed by atoms with Crippen molar-refractivity contribution in [2.45, 2.75) is 31.5 Å². The van der Waals surface area contributed by atoms with Crippen LogP contribution in [-0.2, 0) is 11.3 Å². The van der Waals surface area contributed by atoms with Gasteiger partial charge in [-0.05, 0) is 30.9 Å². The normalized spacial score (nSPS) is 28.0. The van der Waals surface area contributed by atoms with Crippen LogP contribution in [0.15, 0.2) is 41.0 Å². The maximum absolute atomic E-state index is 5.91. The number of aromatic nitrogens is 1. The Morgan fingerprint density at radius 2 is 1.96 bits per heavy atom. The first-order chi connectivity index (χ1) is 12.4. The highest BCUT2D eigenvalue weighted by Crippen LogP contribution is 2.38. The summed E-state index contributed by atoms with van der Waals surface area (Å²) < 4.78 is 11.6. The van der Waals surface area contributed by atoms with Crippen LogP contribution in [0, 0.1) is 5.92 Å². The summed E-state index contributed by atoms with van der Waals surface area (Å²) in [5, 5.41) is 0. The third-order valence-corrected chi connectivity index (χ3v) is 5.76. The summed E-state index contributed by atoms with van der Waals surface area (Å²) in [5.74, 6) is 1.60. The van der Waals surface area contributed by atoms with Crippen LogP contribution in [0.2, 0.25) is 0 Å². The van der Waals surface area contributed by atoms with Gasteiger partial charge in [-0.2, -0.15) is 0 Å². The first-order valence-corrected chi connectivity index (χ1v) is 9.42. The second-order valence-electron chi connectivity index (χ2n) is 7.58. The highest BCUT2D eigenvalue weighted by atomic mass is 16.5. The van der Waals surface area contributed by atoms with Crippen molar-refractivity contribution in [2.24, 2.45) is 5.92 Å². The summed E-state index contributed by atoms with van der Waals surface area (Å²) in [4.78, 5) is 9.89. The predicted octanol–water partition coefficient (Wildman–Crippen LogP) is 2.64. The molecule has 132 valence electrons. The molecule has 0 spiro atoms. The lowest BCUT2D eigenvalue weighted by Gasteiger charge is -2.48. The third-order valence-electron chi connectivity index (χ3n) is 5.76. The lowest BCUT2D eigenvalue weighted by molar-refractivity contribution is -0.0881. The van der Waals surface area contributed by atoms with Gasteiger partial charge in [0.25, 0.3) is 0 Å². The van der Waals surface area contributed by atoms with Gasteiger partial charge in [0.2, 0.25) is 5.89 Å². The van der Waals surface area contributed by atoms with E-state index in [1.165, 1.54) is 12.8 Å². The first-order valence-electron chi connectivity index (χ1n) is 9.42. The number of ether oxygens (including phenoxy) is 1. The smallest absolute Gasteiger partial charge is 0.226 e. The third kappa shape index (κ3) is 3.24.